The van der Waals surface area contributed by atoms with Gasteiger partial charge in [0.2, 0.25) is 0 Å². The maximum Gasteiger partial charge on any atom is 0.0946 e. The number of aryl methyl sites for hydroxylation is 1. The van der Waals surface area contributed by atoms with Gasteiger partial charge in [0.1, 0.15) is 0 Å². The summed E-state index contributed by atoms with van der Waals surface area (Å²) in [4.78, 5) is 6.51. The van der Waals surface area contributed by atoms with E-state index in [2.05, 4.69) is 30.8 Å². The van der Waals surface area contributed by atoms with Crippen LogP contribution in [0.4, 0.5) is 0 Å². The molecule has 4 nitrogen and oxygen atoms in total. The second kappa shape index (κ2) is 6.01. The van der Waals surface area contributed by atoms with Crippen LogP contribution < -0.4 is 5.73 Å². The second-order valence-corrected chi connectivity index (χ2v) is 4.48. The predicted molar refractivity (Wildman–Crippen MR) is 67.1 cm³/mol. The van der Waals surface area contributed by atoms with E-state index in [1.54, 1.807) is 0 Å². The van der Waals surface area contributed by atoms with Crippen LogP contribution >= 0.6 is 0 Å². The van der Waals surface area contributed by atoms with E-state index in [0.717, 1.165) is 0 Å². The van der Waals surface area contributed by atoms with Crippen molar-refractivity contribution in [2.75, 3.05) is 13.6 Å². The van der Waals surface area contributed by atoms with Crippen molar-refractivity contribution in [3.8, 4) is 0 Å². The van der Waals surface area contributed by atoms with Crippen molar-refractivity contribution in [2.24, 2.45) is 12.8 Å². The molecule has 1 aromatic heterocycles. The Hall–Kier alpha value is -0.870. The molecule has 1 aromatic rings. The van der Waals surface area contributed by atoms with Gasteiger partial charge < -0.3 is 10.3 Å². The van der Waals surface area contributed by atoms with Crippen molar-refractivity contribution < 1.29 is 0 Å². The maximum absolute atomic E-state index is 5.88. The Morgan fingerprint density at radius 1 is 1.56 bits per heavy atom. The molecule has 2 N–H and O–H groups in total. The van der Waals surface area contributed by atoms with Crippen molar-refractivity contribution in [2.45, 2.75) is 38.8 Å². The third kappa shape index (κ3) is 2.83. The maximum atomic E-state index is 5.88. The molecule has 0 saturated carbocycles. The minimum atomic E-state index is 0.258. The van der Waals surface area contributed by atoms with E-state index in [-0.39, 0.29) is 6.04 Å². The van der Waals surface area contributed by atoms with E-state index in [1.807, 2.05) is 24.1 Å². The van der Waals surface area contributed by atoms with Gasteiger partial charge in [-0.05, 0) is 20.4 Å². The van der Waals surface area contributed by atoms with E-state index in [0.29, 0.717) is 12.6 Å². The van der Waals surface area contributed by atoms with Crippen LogP contribution in [-0.2, 0) is 7.05 Å². The van der Waals surface area contributed by atoms with Gasteiger partial charge in [-0.3, -0.25) is 4.90 Å². The molecule has 0 amide bonds. The van der Waals surface area contributed by atoms with E-state index >= 15 is 0 Å². The van der Waals surface area contributed by atoms with Gasteiger partial charge in [-0.1, -0.05) is 13.3 Å². The van der Waals surface area contributed by atoms with Gasteiger partial charge in [-0.25, -0.2) is 4.98 Å². The molecule has 0 saturated heterocycles. The molecule has 0 aliphatic heterocycles. The fourth-order valence-electron chi connectivity index (χ4n) is 2.11. The lowest BCUT2D eigenvalue weighted by molar-refractivity contribution is 0.174. The molecular weight excluding hydrogens is 200 g/mol. The molecule has 0 aliphatic rings. The number of nitrogens with two attached hydrogens (primary N) is 1. The van der Waals surface area contributed by atoms with Crippen molar-refractivity contribution in [3.05, 3.63) is 18.2 Å². The van der Waals surface area contributed by atoms with Crippen LogP contribution in [0.3, 0.4) is 0 Å². The first-order chi connectivity index (χ1) is 7.61. The first kappa shape index (κ1) is 13.2. The molecule has 0 aromatic carbocycles. The number of imidazole rings is 1. The highest BCUT2D eigenvalue weighted by molar-refractivity contribution is 5.06. The summed E-state index contributed by atoms with van der Waals surface area (Å²) < 4.78 is 2.05. The fraction of sp³-hybridized carbons (Fsp3) is 0.750. The largest absolute Gasteiger partial charge is 0.336 e. The Labute approximate surface area is 98.5 Å². The number of likely N-dealkylation sites (N-methyl/N-ethyl adjacent to an activating group) is 1. The van der Waals surface area contributed by atoms with Gasteiger partial charge in [-0.15, -0.1) is 0 Å². The van der Waals surface area contributed by atoms with Crippen molar-refractivity contribution in [1.29, 1.82) is 0 Å². The quantitative estimate of drug-likeness (QED) is 0.797. The number of hydrogen-bond acceptors (Lipinski definition) is 3. The van der Waals surface area contributed by atoms with Crippen LogP contribution in [-0.4, -0.2) is 34.1 Å². The lowest BCUT2D eigenvalue weighted by Gasteiger charge is -2.32. The van der Waals surface area contributed by atoms with E-state index in [9.17, 15) is 0 Å². The molecule has 2 unspecified atom stereocenters. The normalized spacial score (nSPS) is 15.4. The number of aromatic nitrogens is 2. The molecule has 1 heterocycles. The summed E-state index contributed by atoms with van der Waals surface area (Å²) in [5, 5.41) is 0. The molecule has 0 aliphatic carbocycles. The van der Waals surface area contributed by atoms with Crippen molar-refractivity contribution >= 4 is 0 Å². The Kier molecular flexibility index (Phi) is 4.96. The smallest absolute Gasteiger partial charge is 0.0946 e. The molecule has 2 atom stereocenters. The van der Waals surface area contributed by atoms with E-state index < -0.39 is 0 Å². The number of hydrogen-bond donors (Lipinski definition) is 1. The van der Waals surface area contributed by atoms with Crippen LogP contribution in [0.2, 0.25) is 0 Å². The van der Waals surface area contributed by atoms with E-state index in [1.165, 1.54) is 18.5 Å². The van der Waals surface area contributed by atoms with Crippen LogP contribution in [0.15, 0.2) is 12.5 Å². The summed E-state index contributed by atoms with van der Waals surface area (Å²) >= 11 is 0. The van der Waals surface area contributed by atoms with E-state index in [4.69, 9.17) is 5.73 Å². The molecular formula is C12H24N4. The highest BCUT2D eigenvalue weighted by Gasteiger charge is 2.21. The first-order valence-corrected chi connectivity index (χ1v) is 6.00. The van der Waals surface area contributed by atoms with Gasteiger partial charge in [0, 0.05) is 25.8 Å². The van der Waals surface area contributed by atoms with Gasteiger partial charge in [0.15, 0.2) is 0 Å². The lowest BCUT2D eigenvalue weighted by Crippen LogP contribution is -2.37. The minimum Gasteiger partial charge on any atom is -0.336 e. The monoisotopic (exact) mass is 224 g/mol. The molecule has 0 bridgehead atoms. The third-order valence-corrected chi connectivity index (χ3v) is 3.31. The summed E-state index contributed by atoms with van der Waals surface area (Å²) in [6.07, 6.45) is 6.14. The number of rotatable bonds is 6. The van der Waals surface area contributed by atoms with Crippen LogP contribution in [0.5, 0.6) is 0 Å². The van der Waals surface area contributed by atoms with Gasteiger partial charge in [0.05, 0.1) is 18.1 Å². The molecule has 1 rings (SSSR count). The van der Waals surface area contributed by atoms with Crippen molar-refractivity contribution in [1.82, 2.24) is 14.5 Å². The Morgan fingerprint density at radius 3 is 2.69 bits per heavy atom. The SMILES string of the molecule is CCCC(C)N(C)C(CN)c1cncn1C. The third-order valence-electron chi connectivity index (χ3n) is 3.31. The average Bonchev–Trinajstić information content (AvgIpc) is 2.66. The zero-order valence-electron chi connectivity index (χ0n) is 10.8. The average molecular weight is 224 g/mol. The topological polar surface area (TPSA) is 47.1 Å². The first-order valence-electron chi connectivity index (χ1n) is 6.00. The predicted octanol–water partition coefficient (Wildman–Crippen LogP) is 1.54. The van der Waals surface area contributed by atoms with Gasteiger partial charge in [-0.2, -0.15) is 0 Å². The van der Waals surface area contributed by atoms with Gasteiger partial charge >= 0.3 is 0 Å². The lowest BCUT2D eigenvalue weighted by atomic mass is 10.1. The summed E-state index contributed by atoms with van der Waals surface area (Å²) in [5.41, 5.74) is 7.07. The summed E-state index contributed by atoms with van der Waals surface area (Å²) in [6.45, 7) is 5.10. The molecule has 0 fully saturated rings. The van der Waals surface area contributed by atoms with Crippen LogP contribution in [0.25, 0.3) is 0 Å². The summed E-state index contributed by atoms with van der Waals surface area (Å²) in [7, 11) is 4.16. The second-order valence-electron chi connectivity index (χ2n) is 4.48. The zero-order valence-corrected chi connectivity index (χ0v) is 10.8. The summed E-state index contributed by atoms with van der Waals surface area (Å²) in [6, 6.07) is 0.808. The molecule has 0 radical (unpaired) electrons. The zero-order chi connectivity index (χ0) is 12.1. The highest BCUT2D eigenvalue weighted by atomic mass is 15.2. The molecule has 4 heteroatoms. The van der Waals surface area contributed by atoms with Crippen molar-refractivity contribution in [3.63, 3.8) is 0 Å². The highest BCUT2D eigenvalue weighted by Crippen LogP contribution is 2.21. The number of nitrogens with zero attached hydrogens (tertiary/aromatic N) is 3. The molecule has 92 valence electrons. The Balaban J connectivity index is 2.78. The Morgan fingerprint density at radius 2 is 2.25 bits per heavy atom. The standard InChI is InChI=1S/C12H24N4/c1-5-6-10(2)16(4)11(7-13)12-8-14-9-15(12)3/h8-11H,5-7,13H2,1-4H3. The van der Waals surface area contributed by atoms with Gasteiger partial charge in [0.25, 0.3) is 0 Å². The minimum absolute atomic E-state index is 0.258. The summed E-state index contributed by atoms with van der Waals surface area (Å²) in [5.74, 6) is 0. The van der Waals surface area contributed by atoms with Crippen LogP contribution in [0.1, 0.15) is 38.4 Å². The fourth-order valence-corrected chi connectivity index (χ4v) is 2.11. The molecule has 0 spiro atoms. The Bertz CT molecular complexity index is 308. The molecule has 16 heavy (non-hydrogen) atoms. The van der Waals surface area contributed by atoms with Crippen LogP contribution in [0, 0.1) is 0 Å².